The van der Waals surface area contributed by atoms with E-state index in [4.69, 9.17) is 17.3 Å². The van der Waals surface area contributed by atoms with Crippen LogP contribution in [0.3, 0.4) is 0 Å². The topological polar surface area (TPSA) is 67.2 Å². The van der Waals surface area contributed by atoms with Gasteiger partial charge in [0.15, 0.2) is 0 Å². The van der Waals surface area contributed by atoms with E-state index >= 15 is 0 Å². The Kier molecular flexibility index (Phi) is 5.06. The number of amides is 1. The first-order valence-corrected chi connectivity index (χ1v) is 7.19. The summed E-state index contributed by atoms with van der Waals surface area (Å²) < 4.78 is 0. The molecule has 2 rings (SSSR count). The molecule has 0 unspecified atom stereocenters. The van der Waals surface area contributed by atoms with E-state index in [0.29, 0.717) is 28.5 Å². The molecule has 0 heterocycles. The normalized spacial score (nSPS) is 10.2. The minimum Gasteiger partial charge on any atom is -0.399 e. The van der Waals surface area contributed by atoms with Gasteiger partial charge in [-0.05, 0) is 36.8 Å². The van der Waals surface area contributed by atoms with Crippen molar-refractivity contribution in [1.82, 2.24) is 5.32 Å². The van der Waals surface area contributed by atoms with Crippen molar-refractivity contribution < 1.29 is 4.79 Å². The third kappa shape index (κ3) is 3.89. The van der Waals surface area contributed by atoms with Crippen molar-refractivity contribution in [2.45, 2.75) is 13.3 Å². The second-order valence-corrected chi connectivity index (χ2v) is 5.07. The zero-order chi connectivity index (χ0) is 15.2. The second-order valence-electron chi connectivity index (χ2n) is 4.67. The summed E-state index contributed by atoms with van der Waals surface area (Å²) in [6.07, 6.45) is 0.876. The monoisotopic (exact) mass is 303 g/mol. The summed E-state index contributed by atoms with van der Waals surface area (Å²) >= 11 is 6.13. The van der Waals surface area contributed by atoms with E-state index in [1.807, 2.05) is 25.1 Å². The van der Waals surface area contributed by atoms with Crippen molar-refractivity contribution in [3.05, 3.63) is 53.1 Å². The summed E-state index contributed by atoms with van der Waals surface area (Å²) in [7, 11) is 0. The number of carbonyl (C=O) groups is 1. The molecular weight excluding hydrogens is 286 g/mol. The first kappa shape index (κ1) is 15.2. The van der Waals surface area contributed by atoms with Gasteiger partial charge in [0, 0.05) is 12.2 Å². The van der Waals surface area contributed by atoms with Gasteiger partial charge in [0.25, 0.3) is 5.91 Å². The molecule has 0 saturated carbocycles. The molecule has 0 aliphatic rings. The molecule has 0 saturated heterocycles. The molecule has 21 heavy (non-hydrogen) atoms. The number of nitrogens with two attached hydrogens (primary N) is 1. The lowest BCUT2D eigenvalue weighted by Gasteiger charge is -2.14. The number of rotatable bonds is 5. The molecule has 0 bridgehead atoms. The van der Waals surface area contributed by atoms with Crippen LogP contribution >= 0.6 is 11.6 Å². The maximum atomic E-state index is 12.2. The molecule has 0 spiro atoms. The zero-order valence-electron chi connectivity index (χ0n) is 11.8. The SMILES string of the molecule is CCCNC(=O)c1cc(N)ccc1Nc1ccccc1Cl. The number of nitrogen functional groups attached to an aromatic ring is 1. The molecule has 0 atom stereocenters. The molecule has 4 N–H and O–H groups in total. The predicted octanol–water partition coefficient (Wildman–Crippen LogP) is 3.81. The van der Waals surface area contributed by atoms with Crippen molar-refractivity contribution in [3.8, 4) is 0 Å². The number of anilines is 3. The largest absolute Gasteiger partial charge is 0.399 e. The summed E-state index contributed by atoms with van der Waals surface area (Å²) in [5.74, 6) is -0.154. The number of hydrogen-bond donors (Lipinski definition) is 3. The minimum absolute atomic E-state index is 0.154. The van der Waals surface area contributed by atoms with Gasteiger partial charge in [0.05, 0.1) is 22.0 Å². The van der Waals surface area contributed by atoms with Crippen LogP contribution < -0.4 is 16.4 Å². The fourth-order valence-corrected chi connectivity index (χ4v) is 2.08. The number of hydrogen-bond acceptors (Lipinski definition) is 3. The number of para-hydroxylation sites is 1. The van der Waals surface area contributed by atoms with Crippen LogP contribution in [-0.4, -0.2) is 12.5 Å². The lowest BCUT2D eigenvalue weighted by atomic mass is 10.1. The van der Waals surface area contributed by atoms with E-state index in [1.165, 1.54) is 0 Å². The molecule has 110 valence electrons. The predicted molar refractivity (Wildman–Crippen MR) is 88.2 cm³/mol. The maximum Gasteiger partial charge on any atom is 0.253 e. The van der Waals surface area contributed by atoms with Crippen LogP contribution in [0, 0.1) is 0 Å². The molecule has 0 aliphatic heterocycles. The van der Waals surface area contributed by atoms with Gasteiger partial charge in [-0.2, -0.15) is 0 Å². The maximum absolute atomic E-state index is 12.2. The van der Waals surface area contributed by atoms with Gasteiger partial charge >= 0.3 is 0 Å². The number of carbonyl (C=O) groups excluding carboxylic acids is 1. The summed E-state index contributed by atoms with van der Waals surface area (Å²) in [4.78, 5) is 12.2. The quantitative estimate of drug-likeness (QED) is 0.736. The van der Waals surface area contributed by atoms with Gasteiger partial charge in [-0.3, -0.25) is 4.79 Å². The van der Waals surface area contributed by atoms with E-state index < -0.39 is 0 Å². The fraction of sp³-hybridized carbons (Fsp3) is 0.188. The van der Waals surface area contributed by atoms with E-state index in [0.717, 1.165) is 12.1 Å². The van der Waals surface area contributed by atoms with Gasteiger partial charge < -0.3 is 16.4 Å². The van der Waals surface area contributed by atoms with Gasteiger partial charge in [-0.1, -0.05) is 30.7 Å². The average molecular weight is 304 g/mol. The summed E-state index contributed by atoms with van der Waals surface area (Å²) in [5.41, 5.74) is 8.25. The Bertz CT molecular complexity index is 643. The van der Waals surface area contributed by atoms with E-state index in [-0.39, 0.29) is 5.91 Å². The Morgan fingerprint density at radius 1 is 1.19 bits per heavy atom. The summed E-state index contributed by atoms with van der Waals surface area (Å²) in [5, 5.41) is 6.62. The minimum atomic E-state index is -0.154. The first-order valence-electron chi connectivity index (χ1n) is 6.81. The number of halogens is 1. The van der Waals surface area contributed by atoms with Gasteiger partial charge in [-0.15, -0.1) is 0 Å². The average Bonchev–Trinajstić information content (AvgIpc) is 2.48. The van der Waals surface area contributed by atoms with Crippen molar-refractivity contribution in [1.29, 1.82) is 0 Å². The molecule has 2 aromatic rings. The van der Waals surface area contributed by atoms with Gasteiger partial charge in [0.1, 0.15) is 0 Å². The second kappa shape index (κ2) is 6.99. The highest BCUT2D eigenvalue weighted by Gasteiger charge is 2.12. The Morgan fingerprint density at radius 3 is 2.67 bits per heavy atom. The smallest absolute Gasteiger partial charge is 0.253 e. The van der Waals surface area contributed by atoms with Crippen molar-refractivity contribution >= 4 is 34.6 Å². The summed E-state index contributed by atoms with van der Waals surface area (Å²) in [6, 6.07) is 12.6. The van der Waals surface area contributed by atoms with Crippen LogP contribution in [0.25, 0.3) is 0 Å². The Morgan fingerprint density at radius 2 is 1.95 bits per heavy atom. The third-order valence-corrected chi connectivity index (χ3v) is 3.30. The highest BCUT2D eigenvalue weighted by Crippen LogP contribution is 2.28. The molecule has 0 fully saturated rings. The number of benzene rings is 2. The fourth-order valence-electron chi connectivity index (χ4n) is 1.90. The van der Waals surface area contributed by atoms with Crippen LogP contribution in [0.1, 0.15) is 23.7 Å². The van der Waals surface area contributed by atoms with Gasteiger partial charge in [0.2, 0.25) is 0 Å². The molecule has 0 aromatic heterocycles. The van der Waals surface area contributed by atoms with E-state index in [2.05, 4.69) is 10.6 Å². The standard InChI is InChI=1S/C16H18ClN3O/c1-2-9-19-16(21)12-10-11(18)7-8-14(12)20-15-6-4-3-5-13(15)17/h3-8,10,20H,2,9,18H2,1H3,(H,19,21). The Balaban J connectivity index is 2.31. The van der Waals surface area contributed by atoms with Crippen LogP contribution in [0.15, 0.2) is 42.5 Å². The summed E-state index contributed by atoms with van der Waals surface area (Å²) in [6.45, 7) is 2.63. The Labute approximate surface area is 129 Å². The van der Waals surface area contributed by atoms with Crippen molar-refractivity contribution in [3.63, 3.8) is 0 Å². The van der Waals surface area contributed by atoms with Crippen molar-refractivity contribution in [2.24, 2.45) is 0 Å². The van der Waals surface area contributed by atoms with Gasteiger partial charge in [-0.25, -0.2) is 0 Å². The highest BCUT2D eigenvalue weighted by atomic mass is 35.5. The van der Waals surface area contributed by atoms with E-state index in [1.54, 1.807) is 24.3 Å². The molecule has 4 nitrogen and oxygen atoms in total. The lowest BCUT2D eigenvalue weighted by molar-refractivity contribution is 0.0954. The molecular formula is C16H18ClN3O. The first-order chi connectivity index (χ1) is 10.1. The molecule has 2 aromatic carbocycles. The van der Waals surface area contributed by atoms with Crippen LogP contribution in [0.4, 0.5) is 17.1 Å². The number of nitrogens with one attached hydrogen (secondary N) is 2. The Hall–Kier alpha value is -2.20. The van der Waals surface area contributed by atoms with E-state index in [9.17, 15) is 4.79 Å². The van der Waals surface area contributed by atoms with Crippen LogP contribution in [-0.2, 0) is 0 Å². The molecule has 1 amide bonds. The molecule has 0 radical (unpaired) electrons. The molecule has 0 aliphatic carbocycles. The van der Waals surface area contributed by atoms with Crippen LogP contribution in [0.5, 0.6) is 0 Å². The third-order valence-electron chi connectivity index (χ3n) is 2.97. The molecule has 5 heteroatoms. The van der Waals surface area contributed by atoms with Crippen molar-refractivity contribution in [2.75, 3.05) is 17.6 Å². The zero-order valence-corrected chi connectivity index (χ0v) is 12.6. The highest BCUT2D eigenvalue weighted by molar-refractivity contribution is 6.33. The van der Waals surface area contributed by atoms with Crippen LogP contribution in [0.2, 0.25) is 5.02 Å². The lowest BCUT2D eigenvalue weighted by Crippen LogP contribution is -2.24.